The number of nitrogens with one attached hydrogen (secondary N) is 1. The number of guanidine groups is 1. The van der Waals surface area contributed by atoms with E-state index in [0.717, 1.165) is 24.2 Å². The Hall–Kier alpha value is -2.61. The maximum atomic E-state index is 13.2. The van der Waals surface area contributed by atoms with Crippen LogP contribution >= 0.6 is 0 Å². The van der Waals surface area contributed by atoms with Crippen molar-refractivity contribution in [3.63, 3.8) is 0 Å². The highest BCUT2D eigenvalue weighted by Crippen LogP contribution is 2.38. The lowest BCUT2D eigenvalue weighted by Gasteiger charge is -2.41. The second-order valence-electron chi connectivity index (χ2n) is 9.22. The molecule has 1 saturated carbocycles. The molecule has 0 aromatic heterocycles. The van der Waals surface area contributed by atoms with Gasteiger partial charge in [-0.25, -0.2) is 9.79 Å². The van der Waals surface area contributed by atoms with Crippen molar-refractivity contribution >= 4 is 18.0 Å². The fourth-order valence-corrected chi connectivity index (χ4v) is 3.93. The van der Waals surface area contributed by atoms with Crippen molar-refractivity contribution in [2.24, 2.45) is 4.99 Å². The SMILES string of the molecule is COC1CCC2(CC1)CC(=O)N(C)C(NC(=O)OC(C)(C)C)=NCc1ccccc1O2. The minimum Gasteiger partial charge on any atom is -0.486 e. The number of aliphatic imine (C=N–C) groups is 1. The van der Waals surface area contributed by atoms with Gasteiger partial charge < -0.3 is 14.2 Å². The van der Waals surface area contributed by atoms with Gasteiger partial charge >= 0.3 is 6.09 Å². The number of alkyl carbamates (subject to hydrolysis) is 1. The molecule has 170 valence electrons. The molecule has 0 unspecified atom stereocenters. The Bertz CT molecular complexity index is 838. The van der Waals surface area contributed by atoms with Crippen molar-refractivity contribution in [1.29, 1.82) is 0 Å². The third-order valence-electron chi connectivity index (χ3n) is 5.65. The maximum Gasteiger partial charge on any atom is 0.414 e. The molecular weight excluding hydrogens is 398 g/mol. The normalized spacial score (nSPS) is 24.7. The van der Waals surface area contributed by atoms with E-state index in [2.05, 4.69) is 10.3 Å². The van der Waals surface area contributed by atoms with Gasteiger partial charge in [-0.3, -0.25) is 15.0 Å². The number of carbonyl (C=O) groups excluding carboxylic acids is 2. The number of rotatable bonds is 1. The van der Waals surface area contributed by atoms with E-state index >= 15 is 0 Å². The Morgan fingerprint density at radius 1 is 1.26 bits per heavy atom. The van der Waals surface area contributed by atoms with Crippen molar-refractivity contribution in [1.82, 2.24) is 10.2 Å². The zero-order valence-electron chi connectivity index (χ0n) is 19.1. The molecule has 31 heavy (non-hydrogen) atoms. The summed E-state index contributed by atoms with van der Waals surface area (Å²) in [5, 5.41) is 2.64. The lowest BCUT2D eigenvalue weighted by molar-refractivity contribution is -0.133. The largest absolute Gasteiger partial charge is 0.486 e. The predicted molar refractivity (Wildman–Crippen MR) is 117 cm³/mol. The molecule has 8 heteroatoms. The third-order valence-corrected chi connectivity index (χ3v) is 5.65. The molecule has 0 radical (unpaired) electrons. The highest BCUT2D eigenvalue weighted by molar-refractivity contribution is 6.03. The van der Waals surface area contributed by atoms with E-state index in [4.69, 9.17) is 14.2 Å². The Balaban J connectivity index is 1.91. The molecule has 0 atom stereocenters. The number of amides is 2. The number of benzene rings is 1. The first kappa shape index (κ1) is 23.1. The first-order chi connectivity index (χ1) is 14.6. The minimum absolute atomic E-state index is 0.164. The van der Waals surface area contributed by atoms with Gasteiger partial charge in [0.25, 0.3) is 0 Å². The standard InChI is InChI=1S/C23H33N3O5/c1-22(2,3)31-21(28)25-20-24-15-16-8-6-7-9-18(16)30-23(14-19(27)26(20)4)12-10-17(29-5)11-13-23/h6-9,17H,10-15H2,1-5H3,(H,24,25,28). The molecule has 1 aromatic rings. The number of fused-ring (bicyclic) bond motifs is 1. The zero-order valence-corrected chi connectivity index (χ0v) is 19.1. The van der Waals surface area contributed by atoms with Crippen LogP contribution in [0.2, 0.25) is 0 Å². The summed E-state index contributed by atoms with van der Waals surface area (Å²) in [6.07, 6.45) is 2.79. The summed E-state index contributed by atoms with van der Waals surface area (Å²) < 4.78 is 17.4. The molecule has 8 nitrogen and oxygen atoms in total. The number of carbonyl (C=O) groups is 2. The highest BCUT2D eigenvalue weighted by atomic mass is 16.6. The number of hydrogen-bond acceptors (Lipinski definition) is 6. The molecule has 1 aliphatic carbocycles. The Morgan fingerprint density at radius 2 is 1.94 bits per heavy atom. The van der Waals surface area contributed by atoms with E-state index in [-0.39, 0.29) is 30.9 Å². The molecule has 1 aromatic carbocycles. The quantitative estimate of drug-likeness (QED) is 0.733. The van der Waals surface area contributed by atoms with E-state index in [0.29, 0.717) is 12.8 Å². The van der Waals surface area contributed by atoms with Crippen molar-refractivity contribution < 1.29 is 23.8 Å². The second-order valence-corrected chi connectivity index (χ2v) is 9.22. The van der Waals surface area contributed by atoms with Crippen molar-refractivity contribution in [3.05, 3.63) is 29.8 Å². The molecule has 0 bridgehead atoms. The van der Waals surface area contributed by atoms with E-state index in [1.165, 1.54) is 4.90 Å². The fraction of sp³-hybridized carbons (Fsp3) is 0.609. The number of hydrogen-bond donors (Lipinski definition) is 1. The molecule has 2 aliphatic rings. The molecule has 1 N–H and O–H groups in total. The Kier molecular flexibility index (Phi) is 6.89. The molecule has 0 saturated heterocycles. The van der Waals surface area contributed by atoms with Crippen molar-refractivity contribution in [2.75, 3.05) is 14.2 Å². The van der Waals surface area contributed by atoms with Crippen LogP contribution in [0.15, 0.2) is 29.3 Å². The third kappa shape index (κ3) is 5.97. The number of para-hydroxylation sites is 1. The number of nitrogens with zero attached hydrogens (tertiary/aromatic N) is 2. The lowest BCUT2D eigenvalue weighted by Crippen LogP contribution is -2.51. The van der Waals surface area contributed by atoms with Gasteiger partial charge in [-0.2, -0.15) is 0 Å². The lowest BCUT2D eigenvalue weighted by atomic mass is 9.80. The molecule has 1 fully saturated rings. The smallest absolute Gasteiger partial charge is 0.414 e. The first-order valence-corrected chi connectivity index (χ1v) is 10.7. The molecule has 3 rings (SSSR count). The highest BCUT2D eigenvalue weighted by Gasteiger charge is 2.41. The van der Waals surface area contributed by atoms with Gasteiger partial charge in [-0.05, 0) is 52.5 Å². The number of methoxy groups -OCH3 is 1. The van der Waals surface area contributed by atoms with Crippen LogP contribution in [0.4, 0.5) is 4.79 Å². The Morgan fingerprint density at radius 3 is 2.58 bits per heavy atom. The van der Waals surface area contributed by atoms with E-state index < -0.39 is 17.3 Å². The van der Waals surface area contributed by atoms with Gasteiger partial charge in [0, 0.05) is 19.7 Å². The van der Waals surface area contributed by atoms with Crippen LogP contribution in [0, 0.1) is 0 Å². The number of ether oxygens (including phenoxy) is 3. The van der Waals surface area contributed by atoms with Crippen LogP contribution in [-0.2, 0) is 20.8 Å². The molecule has 1 aliphatic heterocycles. The summed E-state index contributed by atoms with van der Waals surface area (Å²) in [5.74, 6) is 0.706. The molecule has 1 heterocycles. The van der Waals surface area contributed by atoms with Crippen LogP contribution < -0.4 is 10.1 Å². The monoisotopic (exact) mass is 431 g/mol. The first-order valence-electron chi connectivity index (χ1n) is 10.7. The van der Waals surface area contributed by atoms with Gasteiger partial charge in [0.15, 0.2) is 0 Å². The maximum absolute atomic E-state index is 13.2. The summed E-state index contributed by atoms with van der Waals surface area (Å²) in [6, 6.07) is 7.69. The summed E-state index contributed by atoms with van der Waals surface area (Å²) in [7, 11) is 3.33. The van der Waals surface area contributed by atoms with Crippen LogP contribution in [0.5, 0.6) is 5.75 Å². The van der Waals surface area contributed by atoms with Crippen LogP contribution in [0.3, 0.4) is 0 Å². The molecule has 1 spiro atoms. The van der Waals surface area contributed by atoms with Gasteiger partial charge in [0.1, 0.15) is 17.0 Å². The molecular formula is C23H33N3O5. The van der Waals surface area contributed by atoms with Gasteiger partial charge in [-0.1, -0.05) is 18.2 Å². The van der Waals surface area contributed by atoms with Gasteiger partial charge in [-0.15, -0.1) is 0 Å². The Labute approximate surface area is 183 Å². The molecule has 2 amide bonds. The predicted octanol–water partition coefficient (Wildman–Crippen LogP) is 3.64. The van der Waals surface area contributed by atoms with E-state index in [9.17, 15) is 9.59 Å². The van der Waals surface area contributed by atoms with E-state index in [1.807, 2.05) is 24.3 Å². The minimum atomic E-state index is -0.659. The van der Waals surface area contributed by atoms with Crippen molar-refractivity contribution in [3.8, 4) is 5.75 Å². The van der Waals surface area contributed by atoms with Gasteiger partial charge in [0.05, 0.1) is 19.1 Å². The van der Waals surface area contributed by atoms with Gasteiger partial charge in [0.2, 0.25) is 11.9 Å². The summed E-state index contributed by atoms with van der Waals surface area (Å²) in [5.41, 5.74) is -0.389. The zero-order chi connectivity index (χ0) is 22.6. The average Bonchev–Trinajstić information content (AvgIpc) is 2.70. The topological polar surface area (TPSA) is 89.5 Å². The van der Waals surface area contributed by atoms with Crippen LogP contribution in [-0.4, -0.2) is 54.3 Å². The second kappa shape index (κ2) is 9.26. The van der Waals surface area contributed by atoms with Crippen LogP contribution in [0.1, 0.15) is 58.4 Å². The van der Waals surface area contributed by atoms with Crippen molar-refractivity contribution in [2.45, 2.75) is 76.7 Å². The average molecular weight is 432 g/mol. The summed E-state index contributed by atoms with van der Waals surface area (Å²) in [4.78, 5) is 31.4. The van der Waals surface area contributed by atoms with Crippen LogP contribution in [0.25, 0.3) is 0 Å². The summed E-state index contributed by atoms with van der Waals surface area (Å²) in [6.45, 7) is 5.61. The summed E-state index contributed by atoms with van der Waals surface area (Å²) >= 11 is 0. The fourth-order valence-electron chi connectivity index (χ4n) is 3.93. The van der Waals surface area contributed by atoms with E-state index in [1.54, 1.807) is 34.9 Å².